The summed E-state index contributed by atoms with van der Waals surface area (Å²) in [6, 6.07) is 0. The Bertz CT molecular complexity index is 708. The highest BCUT2D eigenvalue weighted by molar-refractivity contribution is 5.69. The number of allylic oxidation sites excluding steroid dienone is 1. The first-order valence-electron chi connectivity index (χ1n) is 16.4. The van der Waals surface area contributed by atoms with Crippen LogP contribution in [0.1, 0.15) is 143 Å². The van der Waals surface area contributed by atoms with Gasteiger partial charge >= 0.3 is 5.97 Å². The Kier molecular flexibility index (Phi) is 10.9. The second-order valence-corrected chi connectivity index (χ2v) is 13.8. The average Bonchev–Trinajstić information content (AvgIpc) is 3.30. The number of rotatable bonds is 13. The Labute approximate surface area is 223 Å². The van der Waals surface area contributed by atoms with E-state index in [0.717, 1.165) is 66.6 Å². The molecular weight excluding hydrogens is 440 g/mol. The molecule has 4 rings (SSSR count). The van der Waals surface area contributed by atoms with E-state index in [4.69, 9.17) is 4.74 Å². The largest absolute Gasteiger partial charge is 0.462 e. The van der Waals surface area contributed by atoms with Crippen molar-refractivity contribution in [3.05, 3.63) is 11.6 Å². The fourth-order valence-corrected chi connectivity index (χ4v) is 9.10. The Hall–Kier alpha value is -0.790. The Morgan fingerprint density at radius 2 is 1.58 bits per heavy atom. The molecule has 6 unspecified atom stereocenters. The molecule has 0 bridgehead atoms. The molecule has 2 heteroatoms. The summed E-state index contributed by atoms with van der Waals surface area (Å²) in [6.45, 7) is 9.57. The van der Waals surface area contributed by atoms with Crippen LogP contribution < -0.4 is 0 Å². The van der Waals surface area contributed by atoms with E-state index in [1.807, 2.05) is 0 Å². The Morgan fingerprint density at radius 3 is 2.39 bits per heavy atom. The third-order valence-electron chi connectivity index (χ3n) is 11.0. The summed E-state index contributed by atoms with van der Waals surface area (Å²) in [7, 11) is 0. The highest BCUT2D eigenvalue weighted by Gasteiger charge is 2.50. The van der Waals surface area contributed by atoms with Crippen LogP contribution in [-0.4, -0.2) is 12.1 Å². The molecule has 0 aromatic rings. The molecule has 0 saturated heterocycles. The van der Waals surface area contributed by atoms with Gasteiger partial charge in [-0.25, -0.2) is 0 Å². The van der Waals surface area contributed by atoms with E-state index in [2.05, 4.69) is 33.8 Å². The standard InChI is InChI=1S/C34H58O2/c1-5-6-7-8-9-10-14-34(35)36-27-16-18-29-26(23-27)15-17-32-31(29)22-21-30-28(19-20-33(30)32)25(4)13-11-12-24(2)3/h15,24-25,27-33H,5-14,16-23H2,1-4H3/t25?,27-,28+,29?,30?,31?,32?,33?/m0/s1. The van der Waals surface area contributed by atoms with Crippen LogP contribution in [0.2, 0.25) is 0 Å². The third-order valence-corrected chi connectivity index (χ3v) is 11.0. The number of esters is 1. The number of carbonyl (C=O) groups excluding carboxylic acids is 1. The lowest BCUT2D eigenvalue weighted by molar-refractivity contribution is -0.150. The molecule has 0 aromatic heterocycles. The van der Waals surface area contributed by atoms with Crippen molar-refractivity contribution >= 4 is 5.97 Å². The first-order chi connectivity index (χ1) is 17.5. The van der Waals surface area contributed by atoms with Crippen LogP contribution in [0.5, 0.6) is 0 Å². The molecule has 4 aliphatic rings. The number of carbonyl (C=O) groups is 1. The van der Waals surface area contributed by atoms with E-state index in [9.17, 15) is 4.79 Å². The number of unbranched alkanes of at least 4 members (excludes halogenated alkanes) is 5. The van der Waals surface area contributed by atoms with E-state index in [-0.39, 0.29) is 12.1 Å². The van der Waals surface area contributed by atoms with Crippen LogP contribution in [0.4, 0.5) is 0 Å². The van der Waals surface area contributed by atoms with Gasteiger partial charge in [0.05, 0.1) is 0 Å². The first-order valence-corrected chi connectivity index (χ1v) is 16.4. The van der Waals surface area contributed by atoms with Gasteiger partial charge in [-0.2, -0.15) is 0 Å². The van der Waals surface area contributed by atoms with Crippen LogP contribution in [0, 0.1) is 47.3 Å². The Morgan fingerprint density at radius 1 is 0.833 bits per heavy atom. The zero-order valence-electron chi connectivity index (χ0n) is 24.3. The SMILES string of the molecule is CCCCCCCCC(=O)O[C@H]1CCC2C(=CCC3C2CCC2C3CC[C@@H]2C(C)CCCC(C)C)C1. The van der Waals surface area contributed by atoms with Gasteiger partial charge in [-0.3, -0.25) is 4.79 Å². The first kappa shape index (κ1) is 28.2. The van der Waals surface area contributed by atoms with Gasteiger partial charge in [0.1, 0.15) is 6.10 Å². The second-order valence-electron chi connectivity index (χ2n) is 13.8. The van der Waals surface area contributed by atoms with Gasteiger partial charge in [0, 0.05) is 12.8 Å². The van der Waals surface area contributed by atoms with Gasteiger partial charge < -0.3 is 4.74 Å². The zero-order valence-corrected chi connectivity index (χ0v) is 24.3. The Balaban J connectivity index is 1.23. The normalized spacial score (nSPS) is 34.5. The van der Waals surface area contributed by atoms with Gasteiger partial charge in [0.15, 0.2) is 0 Å². The molecule has 0 aliphatic heterocycles. The summed E-state index contributed by atoms with van der Waals surface area (Å²) in [5.41, 5.74) is 1.66. The fourth-order valence-electron chi connectivity index (χ4n) is 9.10. The van der Waals surface area contributed by atoms with Crippen LogP contribution >= 0.6 is 0 Å². The van der Waals surface area contributed by atoms with Crippen LogP contribution in [-0.2, 0) is 9.53 Å². The molecule has 0 amide bonds. The highest BCUT2D eigenvalue weighted by atomic mass is 16.5. The summed E-state index contributed by atoms with van der Waals surface area (Å²) in [5.74, 6) is 7.48. The molecule has 3 fully saturated rings. The van der Waals surface area contributed by atoms with Gasteiger partial charge in [-0.1, -0.05) is 90.7 Å². The van der Waals surface area contributed by atoms with Gasteiger partial charge in [-0.15, -0.1) is 0 Å². The van der Waals surface area contributed by atoms with Crippen LogP contribution in [0.3, 0.4) is 0 Å². The quantitative estimate of drug-likeness (QED) is 0.143. The predicted octanol–water partition coefficient (Wildman–Crippen LogP) is 9.91. The van der Waals surface area contributed by atoms with Crippen molar-refractivity contribution < 1.29 is 9.53 Å². The molecule has 36 heavy (non-hydrogen) atoms. The summed E-state index contributed by atoms with van der Waals surface area (Å²) in [6.07, 6.45) is 25.7. The maximum absolute atomic E-state index is 12.5. The lowest BCUT2D eigenvalue weighted by Crippen LogP contribution is -2.42. The van der Waals surface area contributed by atoms with E-state index >= 15 is 0 Å². The van der Waals surface area contributed by atoms with Crippen molar-refractivity contribution in [2.75, 3.05) is 0 Å². The second kappa shape index (κ2) is 13.8. The van der Waals surface area contributed by atoms with E-state index in [0.29, 0.717) is 6.42 Å². The lowest BCUT2D eigenvalue weighted by Gasteiger charge is -2.50. The minimum absolute atomic E-state index is 0.0586. The molecule has 2 nitrogen and oxygen atoms in total. The van der Waals surface area contributed by atoms with Crippen molar-refractivity contribution in [1.29, 1.82) is 0 Å². The molecular formula is C34H58O2. The fraction of sp³-hybridized carbons (Fsp3) is 0.912. The molecule has 0 N–H and O–H groups in total. The minimum Gasteiger partial charge on any atom is -0.462 e. The maximum Gasteiger partial charge on any atom is 0.306 e. The van der Waals surface area contributed by atoms with E-state index in [1.165, 1.54) is 89.9 Å². The van der Waals surface area contributed by atoms with Crippen LogP contribution in [0.25, 0.3) is 0 Å². The van der Waals surface area contributed by atoms with Crippen molar-refractivity contribution in [2.24, 2.45) is 47.3 Å². The predicted molar refractivity (Wildman–Crippen MR) is 152 cm³/mol. The van der Waals surface area contributed by atoms with E-state index in [1.54, 1.807) is 5.57 Å². The zero-order chi connectivity index (χ0) is 25.5. The van der Waals surface area contributed by atoms with Crippen LogP contribution in [0.15, 0.2) is 11.6 Å². The van der Waals surface area contributed by atoms with Crippen molar-refractivity contribution in [3.8, 4) is 0 Å². The molecule has 4 aliphatic carbocycles. The van der Waals surface area contributed by atoms with Crippen molar-refractivity contribution in [1.82, 2.24) is 0 Å². The number of hydrogen-bond acceptors (Lipinski definition) is 2. The monoisotopic (exact) mass is 498 g/mol. The van der Waals surface area contributed by atoms with Crippen molar-refractivity contribution in [2.45, 2.75) is 149 Å². The van der Waals surface area contributed by atoms with Crippen molar-refractivity contribution in [3.63, 3.8) is 0 Å². The minimum atomic E-state index is 0.0586. The molecule has 3 saturated carbocycles. The molecule has 0 spiro atoms. The molecule has 206 valence electrons. The highest BCUT2D eigenvalue weighted by Crippen LogP contribution is 2.59. The van der Waals surface area contributed by atoms with E-state index < -0.39 is 0 Å². The summed E-state index contributed by atoms with van der Waals surface area (Å²) in [4.78, 5) is 12.5. The van der Waals surface area contributed by atoms with Gasteiger partial charge in [0.25, 0.3) is 0 Å². The maximum atomic E-state index is 12.5. The number of ether oxygens (including phenoxy) is 1. The van der Waals surface area contributed by atoms with Gasteiger partial charge in [-0.05, 0) is 98.7 Å². The molecule has 8 atom stereocenters. The smallest absolute Gasteiger partial charge is 0.306 e. The molecule has 0 radical (unpaired) electrons. The summed E-state index contributed by atoms with van der Waals surface area (Å²) < 4.78 is 5.98. The topological polar surface area (TPSA) is 26.3 Å². The van der Waals surface area contributed by atoms with Gasteiger partial charge in [0.2, 0.25) is 0 Å². The number of hydrogen-bond donors (Lipinski definition) is 0. The average molecular weight is 499 g/mol. The molecule has 0 heterocycles. The lowest BCUT2D eigenvalue weighted by atomic mass is 9.56. The molecule has 0 aromatic carbocycles. The summed E-state index contributed by atoms with van der Waals surface area (Å²) in [5, 5.41) is 0. The number of fused-ring (bicyclic) bond motifs is 5. The third kappa shape index (κ3) is 7.19. The summed E-state index contributed by atoms with van der Waals surface area (Å²) >= 11 is 0.